The fraction of sp³-hybridized carbons (Fsp3) is 0.259. The third kappa shape index (κ3) is 5.92. The number of carbonyl (C=O) groups excluding carboxylic acids is 2. The molecule has 7 heteroatoms. The molecule has 1 fully saturated rings. The van der Waals surface area contributed by atoms with E-state index in [1.807, 2.05) is 36.4 Å². The summed E-state index contributed by atoms with van der Waals surface area (Å²) >= 11 is 0. The molecule has 0 aliphatic carbocycles. The van der Waals surface area contributed by atoms with Crippen LogP contribution in [0, 0.1) is 5.82 Å². The van der Waals surface area contributed by atoms with Gasteiger partial charge in [-0.3, -0.25) is 9.59 Å². The number of hydrogen-bond acceptors (Lipinski definition) is 4. The number of nitrogens with zero attached hydrogens (tertiary/aromatic N) is 1. The van der Waals surface area contributed by atoms with Crippen molar-refractivity contribution in [2.75, 3.05) is 30.4 Å². The van der Waals surface area contributed by atoms with E-state index in [-0.39, 0.29) is 30.6 Å². The molecule has 4 rings (SSSR count). The Morgan fingerprint density at radius 2 is 1.62 bits per heavy atom. The Kier molecular flexibility index (Phi) is 7.42. The Labute approximate surface area is 198 Å². The molecule has 3 aromatic carbocycles. The minimum absolute atomic E-state index is 0.170. The molecule has 2 N–H and O–H groups in total. The van der Waals surface area contributed by atoms with Crippen LogP contribution in [-0.2, 0) is 17.8 Å². The van der Waals surface area contributed by atoms with Gasteiger partial charge in [-0.1, -0.05) is 24.3 Å². The Morgan fingerprint density at radius 1 is 0.941 bits per heavy atom. The van der Waals surface area contributed by atoms with E-state index in [0.29, 0.717) is 11.3 Å². The molecule has 0 saturated carbocycles. The minimum Gasteiger partial charge on any atom is -0.497 e. The number of carbonyl (C=O) groups is 2. The van der Waals surface area contributed by atoms with Crippen LogP contribution in [0.5, 0.6) is 5.75 Å². The smallest absolute Gasteiger partial charge is 0.253 e. The van der Waals surface area contributed by atoms with Gasteiger partial charge in [0.05, 0.1) is 19.1 Å². The molecule has 0 spiro atoms. The van der Waals surface area contributed by atoms with Crippen molar-refractivity contribution in [2.24, 2.45) is 0 Å². The summed E-state index contributed by atoms with van der Waals surface area (Å²) < 4.78 is 18.3. The molecule has 0 aromatic heterocycles. The average molecular weight is 462 g/mol. The minimum atomic E-state index is -0.315. The molecule has 2 amide bonds. The number of methoxy groups -OCH3 is 1. The quantitative estimate of drug-likeness (QED) is 0.517. The maximum absolute atomic E-state index is 13.2. The van der Waals surface area contributed by atoms with Crippen LogP contribution >= 0.6 is 0 Å². The lowest BCUT2D eigenvalue weighted by atomic mass is 10.1. The van der Waals surface area contributed by atoms with Crippen LogP contribution in [-0.4, -0.2) is 32.0 Å². The summed E-state index contributed by atoms with van der Waals surface area (Å²) in [6, 6.07) is 18.8. The van der Waals surface area contributed by atoms with E-state index in [1.54, 1.807) is 25.3 Å². The lowest BCUT2D eigenvalue weighted by Gasteiger charge is -2.22. The SMILES string of the molecule is COc1ccc(CC(=O)Nc2ccc(N3CCCC3)c(C(=O)NCc3ccc(F)cc3)c2)cc1. The lowest BCUT2D eigenvalue weighted by molar-refractivity contribution is -0.115. The van der Waals surface area contributed by atoms with E-state index in [1.165, 1.54) is 12.1 Å². The fourth-order valence-corrected chi connectivity index (χ4v) is 4.04. The van der Waals surface area contributed by atoms with Gasteiger partial charge in [0.2, 0.25) is 5.91 Å². The van der Waals surface area contributed by atoms with E-state index < -0.39 is 0 Å². The summed E-state index contributed by atoms with van der Waals surface area (Å²) in [5.74, 6) is 0.0108. The van der Waals surface area contributed by atoms with E-state index in [0.717, 1.165) is 48.5 Å². The standard InChI is InChI=1S/C27H28FN3O3/c1-34-23-11-6-19(7-12-23)16-26(32)30-22-10-13-25(31-14-2-3-15-31)24(17-22)27(33)29-18-20-4-8-21(28)9-5-20/h4-13,17H,2-3,14-16,18H2,1H3,(H,29,33)(H,30,32). The number of halogens is 1. The molecule has 0 unspecified atom stereocenters. The van der Waals surface area contributed by atoms with Gasteiger partial charge in [0.1, 0.15) is 11.6 Å². The number of anilines is 2. The van der Waals surface area contributed by atoms with Crippen molar-refractivity contribution in [2.45, 2.75) is 25.8 Å². The average Bonchev–Trinajstić information content (AvgIpc) is 3.39. The monoisotopic (exact) mass is 461 g/mol. The first-order chi connectivity index (χ1) is 16.5. The van der Waals surface area contributed by atoms with Crippen LogP contribution < -0.4 is 20.3 Å². The summed E-state index contributed by atoms with van der Waals surface area (Å²) in [5.41, 5.74) is 3.59. The summed E-state index contributed by atoms with van der Waals surface area (Å²) in [6.45, 7) is 2.06. The Morgan fingerprint density at radius 3 is 2.29 bits per heavy atom. The second kappa shape index (κ2) is 10.8. The predicted octanol–water partition coefficient (Wildman–Crippen LogP) is 4.55. The van der Waals surface area contributed by atoms with Crippen molar-refractivity contribution in [1.82, 2.24) is 5.32 Å². The zero-order valence-electron chi connectivity index (χ0n) is 19.1. The molecule has 6 nitrogen and oxygen atoms in total. The van der Waals surface area contributed by atoms with Crippen molar-refractivity contribution in [3.8, 4) is 5.75 Å². The maximum Gasteiger partial charge on any atom is 0.253 e. The molecule has 1 heterocycles. The number of amides is 2. The van der Waals surface area contributed by atoms with Gasteiger partial charge < -0.3 is 20.3 Å². The first-order valence-corrected chi connectivity index (χ1v) is 11.4. The first-order valence-electron chi connectivity index (χ1n) is 11.4. The van der Waals surface area contributed by atoms with Gasteiger partial charge in [-0.15, -0.1) is 0 Å². The Balaban J connectivity index is 1.48. The maximum atomic E-state index is 13.2. The van der Waals surface area contributed by atoms with Crippen molar-refractivity contribution in [3.63, 3.8) is 0 Å². The molecular weight excluding hydrogens is 433 g/mol. The molecule has 0 atom stereocenters. The van der Waals surface area contributed by atoms with E-state index in [9.17, 15) is 14.0 Å². The third-order valence-corrected chi connectivity index (χ3v) is 5.86. The normalized spacial score (nSPS) is 12.9. The first kappa shape index (κ1) is 23.3. The van der Waals surface area contributed by atoms with Crippen molar-refractivity contribution < 1.29 is 18.7 Å². The number of ether oxygens (including phenoxy) is 1. The van der Waals surface area contributed by atoms with Crippen LogP contribution in [0.4, 0.5) is 15.8 Å². The van der Waals surface area contributed by atoms with Crippen LogP contribution in [0.3, 0.4) is 0 Å². The highest BCUT2D eigenvalue weighted by atomic mass is 19.1. The van der Waals surface area contributed by atoms with Gasteiger partial charge >= 0.3 is 0 Å². The number of benzene rings is 3. The fourth-order valence-electron chi connectivity index (χ4n) is 4.04. The number of hydrogen-bond donors (Lipinski definition) is 2. The summed E-state index contributed by atoms with van der Waals surface area (Å²) in [5, 5.41) is 5.82. The van der Waals surface area contributed by atoms with Gasteiger partial charge in [0.25, 0.3) is 5.91 Å². The van der Waals surface area contributed by atoms with Gasteiger partial charge in [0.15, 0.2) is 0 Å². The van der Waals surface area contributed by atoms with Gasteiger partial charge in [-0.2, -0.15) is 0 Å². The highest BCUT2D eigenvalue weighted by Crippen LogP contribution is 2.28. The topological polar surface area (TPSA) is 70.7 Å². The van der Waals surface area contributed by atoms with Crippen molar-refractivity contribution in [3.05, 3.63) is 89.2 Å². The molecule has 176 valence electrons. The Hall–Kier alpha value is -3.87. The van der Waals surface area contributed by atoms with Gasteiger partial charge in [-0.05, 0) is 66.4 Å². The summed E-state index contributed by atoms with van der Waals surface area (Å²) in [4.78, 5) is 27.9. The van der Waals surface area contributed by atoms with E-state index in [2.05, 4.69) is 15.5 Å². The lowest BCUT2D eigenvalue weighted by Crippen LogP contribution is -2.27. The highest BCUT2D eigenvalue weighted by molar-refractivity contribution is 6.02. The second-order valence-corrected chi connectivity index (χ2v) is 8.31. The van der Waals surface area contributed by atoms with E-state index >= 15 is 0 Å². The molecule has 34 heavy (non-hydrogen) atoms. The van der Waals surface area contributed by atoms with Crippen molar-refractivity contribution in [1.29, 1.82) is 0 Å². The molecule has 1 aliphatic heterocycles. The third-order valence-electron chi connectivity index (χ3n) is 5.86. The number of rotatable bonds is 8. The predicted molar refractivity (Wildman–Crippen MR) is 131 cm³/mol. The molecule has 3 aromatic rings. The van der Waals surface area contributed by atoms with Gasteiger partial charge in [0, 0.05) is 31.0 Å². The van der Waals surface area contributed by atoms with Crippen molar-refractivity contribution >= 4 is 23.2 Å². The molecule has 1 aliphatic rings. The Bertz CT molecular complexity index is 1140. The van der Waals surface area contributed by atoms with Crippen LogP contribution in [0.2, 0.25) is 0 Å². The van der Waals surface area contributed by atoms with Crippen LogP contribution in [0.1, 0.15) is 34.3 Å². The largest absolute Gasteiger partial charge is 0.497 e. The summed E-state index contributed by atoms with van der Waals surface area (Å²) in [6.07, 6.45) is 2.37. The molecular formula is C27H28FN3O3. The molecule has 1 saturated heterocycles. The van der Waals surface area contributed by atoms with E-state index in [4.69, 9.17) is 4.74 Å². The number of nitrogens with one attached hydrogen (secondary N) is 2. The van der Waals surface area contributed by atoms with Crippen LogP contribution in [0.15, 0.2) is 66.7 Å². The summed E-state index contributed by atoms with van der Waals surface area (Å²) in [7, 11) is 1.60. The van der Waals surface area contributed by atoms with Crippen LogP contribution in [0.25, 0.3) is 0 Å². The molecule has 0 radical (unpaired) electrons. The molecule has 0 bridgehead atoms. The zero-order chi connectivity index (χ0) is 23.9. The second-order valence-electron chi connectivity index (χ2n) is 8.31. The highest BCUT2D eigenvalue weighted by Gasteiger charge is 2.20. The zero-order valence-corrected chi connectivity index (χ0v) is 19.1. The van der Waals surface area contributed by atoms with Gasteiger partial charge in [-0.25, -0.2) is 4.39 Å².